The highest BCUT2D eigenvalue weighted by Gasteiger charge is 2.11. The molecule has 29 heavy (non-hydrogen) atoms. The lowest BCUT2D eigenvalue weighted by Crippen LogP contribution is -2.06. The molecule has 0 unspecified atom stereocenters. The van der Waals surface area contributed by atoms with Crippen molar-refractivity contribution in [3.05, 3.63) is 65.7 Å². The van der Waals surface area contributed by atoms with E-state index in [9.17, 15) is 0 Å². The first-order valence-corrected chi connectivity index (χ1v) is 9.53. The Bertz CT molecular complexity index is 1150. The summed E-state index contributed by atoms with van der Waals surface area (Å²) in [6.07, 6.45) is 1.42. The summed E-state index contributed by atoms with van der Waals surface area (Å²) in [6, 6.07) is 16.5. The zero-order valence-electron chi connectivity index (χ0n) is 16.4. The zero-order valence-corrected chi connectivity index (χ0v) is 16.4. The van der Waals surface area contributed by atoms with Crippen LogP contribution in [0.2, 0.25) is 0 Å². The van der Waals surface area contributed by atoms with Gasteiger partial charge in [0.2, 0.25) is 0 Å². The Hall–Kier alpha value is -3.79. The van der Waals surface area contributed by atoms with Crippen LogP contribution in [0, 0.1) is 11.8 Å². The minimum atomic E-state index is 0.611. The third kappa shape index (κ3) is 4.06. The molecule has 0 aliphatic heterocycles. The van der Waals surface area contributed by atoms with E-state index in [4.69, 9.17) is 0 Å². The van der Waals surface area contributed by atoms with Crippen molar-refractivity contribution in [1.29, 1.82) is 0 Å². The SMILES string of the molecule is CC#CCc1nc(CC)nn1Cc1ccc(-c2ccccc2-c2nnn[nH]2)cc1. The van der Waals surface area contributed by atoms with E-state index in [1.165, 1.54) is 0 Å². The second kappa shape index (κ2) is 8.48. The molecule has 7 heteroatoms. The predicted octanol–water partition coefficient (Wildman–Crippen LogP) is 3.30. The summed E-state index contributed by atoms with van der Waals surface area (Å²) >= 11 is 0. The molecule has 0 fully saturated rings. The van der Waals surface area contributed by atoms with Crippen LogP contribution in [0.5, 0.6) is 0 Å². The van der Waals surface area contributed by atoms with Crippen LogP contribution in [0.3, 0.4) is 0 Å². The van der Waals surface area contributed by atoms with Gasteiger partial charge >= 0.3 is 0 Å². The fourth-order valence-corrected chi connectivity index (χ4v) is 3.18. The van der Waals surface area contributed by atoms with Gasteiger partial charge in [0.1, 0.15) is 5.82 Å². The van der Waals surface area contributed by atoms with Gasteiger partial charge in [-0.25, -0.2) is 14.8 Å². The molecule has 7 nitrogen and oxygen atoms in total. The highest BCUT2D eigenvalue weighted by Crippen LogP contribution is 2.29. The van der Waals surface area contributed by atoms with Gasteiger partial charge in [0.05, 0.1) is 13.0 Å². The number of aromatic amines is 1. The molecule has 0 amide bonds. The smallest absolute Gasteiger partial charge is 0.180 e. The second-order valence-electron chi connectivity index (χ2n) is 6.55. The van der Waals surface area contributed by atoms with Crippen LogP contribution in [0.25, 0.3) is 22.5 Å². The van der Waals surface area contributed by atoms with Crippen molar-refractivity contribution in [2.24, 2.45) is 0 Å². The molecule has 144 valence electrons. The molecule has 1 N–H and O–H groups in total. The van der Waals surface area contributed by atoms with Gasteiger partial charge in [0, 0.05) is 12.0 Å². The normalized spacial score (nSPS) is 10.6. The number of tetrazole rings is 1. The van der Waals surface area contributed by atoms with Gasteiger partial charge in [0.25, 0.3) is 0 Å². The molecule has 0 saturated heterocycles. The number of nitrogens with zero attached hydrogens (tertiary/aromatic N) is 6. The maximum atomic E-state index is 4.62. The zero-order chi connectivity index (χ0) is 20.1. The number of aromatic nitrogens is 7. The highest BCUT2D eigenvalue weighted by atomic mass is 15.5. The molecular formula is C22H21N7. The Kier molecular flexibility index (Phi) is 5.43. The number of benzene rings is 2. The van der Waals surface area contributed by atoms with Crippen molar-refractivity contribution in [3.63, 3.8) is 0 Å². The summed E-state index contributed by atoms with van der Waals surface area (Å²) in [6.45, 7) is 4.57. The van der Waals surface area contributed by atoms with Crippen LogP contribution in [-0.4, -0.2) is 35.4 Å². The summed E-state index contributed by atoms with van der Waals surface area (Å²) in [4.78, 5) is 4.59. The standard InChI is InChI=1S/C22H21N7/c1-3-5-10-21-23-20(4-2)26-29(21)15-16-11-13-17(14-12-16)18-8-6-7-9-19(18)22-24-27-28-25-22/h6-9,11-14H,4,10,15H2,1-2H3,(H,24,25,27,28). The third-order valence-corrected chi connectivity index (χ3v) is 4.66. The average molecular weight is 383 g/mol. The molecule has 2 aromatic heterocycles. The summed E-state index contributed by atoms with van der Waals surface area (Å²) in [5, 5.41) is 18.9. The fourth-order valence-electron chi connectivity index (χ4n) is 3.18. The molecule has 0 radical (unpaired) electrons. The van der Waals surface area contributed by atoms with Crippen molar-refractivity contribution in [2.45, 2.75) is 33.2 Å². The lowest BCUT2D eigenvalue weighted by Gasteiger charge is -2.09. The Morgan fingerprint density at radius 3 is 2.52 bits per heavy atom. The molecule has 0 bridgehead atoms. The highest BCUT2D eigenvalue weighted by molar-refractivity contribution is 5.80. The fraction of sp³-hybridized carbons (Fsp3) is 0.227. The van der Waals surface area contributed by atoms with Crippen molar-refractivity contribution in [2.75, 3.05) is 0 Å². The Labute approximate surface area is 169 Å². The molecule has 2 aromatic carbocycles. The van der Waals surface area contributed by atoms with Crippen molar-refractivity contribution < 1.29 is 0 Å². The molecule has 2 heterocycles. The van der Waals surface area contributed by atoms with Crippen LogP contribution >= 0.6 is 0 Å². The van der Waals surface area contributed by atoms with Crippen molar-refractivity contribution in [3.8, 4) is 34.4 Å². The number of H-pyrrole nitrogens is 1. The Balaban J connectivity index is 1.60. The number of nitrogens with one attached hydrogen (secondary N) is 1. The van der Waals surface area contributed by atoms with Crippen LogP contribution in [0.4, 0.5) is 0 Å². The van der Waals surface area contributed by atoms with Gasteiger partial charge in [-0.1, -0.05) is 61.4 Å². The Morgan fingerprint density at radius 1 is 1.03 bits per heavy atom. The van der Waals surface area contributed by atoms with Crippen LogP contribution in [-0.2, 0) is 19.4 Å². The van der Waals surface area contributed by atoms with Gasteiger partial charge in [-0.2, -0.15) is 5.10 Å². The van der Waals surface area contributed by atoms with E-state index in [1.54, 1.807) is 0 Å². The molecule has 0 atom stereocenters. The lowest BCUT2D eigenvalue weighted by molar-refractivity contribution is 0.645. The van der Waals surface area contributed by atoms with Crippen LogP contribution in [0.1, 0.15) is 31.1 Å². The first-order valence-electron chi connectivity index (χ1n) is 9.53. The first-order chi connectivity index (χ1) is 14.3. The van der Waals surface area contributed by atoms with Crippen LogP contribution in [0.15, 0.2) is 48.5 Å². The van der Waals surface area contributed by atoms with E-state index in [2.05, 4.69) is 79.8 Å². The van der Waals surface area contributed by atoms with Crippen molar-refractivity contribution >= 4 is 0 Å². The van der Waals surface area contributed by atoms with Gasteiger partial charge in [-0.05, 0) is 34.0 Å². The maximum absolute atomic E-state index is 4.62. The lowest BCUT2D eigenvalue weighted by atomic mass is 9.98. The largest absolute Gasteiger partial charge is 0.244 e. The number of hydrogen-bond acceptors (Lipinski definition) is 5. The second-order valence-corrected chi connectivity index (χ2v) is 6.55. The van der Waals surface area contributed by atoms with E-state index < -0.39 is 0 Å². The maximum Gasteiger partial charge on any atom is 0.180 e. The third-order valence-electron chi connectivity index (χ3n) is 4.66. The quantitative estimate of drug-likeness (QED) is 0.516. The molecular weight excluding hydrogens is 362 g/mol. The summed E-state index contributed by atoms with van der Waals surface area (Å²) in [5.41, 5.74) is 4.30. The molecule has 0 spiro atoms. The van der Waals surface area contributed by atoms with E-state index in [1.807, 2.05) is 29.8 Å². The van der Waals surface area contributed by atoms with E-state index in [-0.39, 0.29) is 0 Å². The molecule has 0 saturated carbocycles. The van der Waals surface area contributed by atoms with Crippen molar-refractivity contribution in [1.82, 2.24) is 35.4 Å². The Morgan fingerprint density at radius 2 is 1.83 bits per heavy atom. The first kappa shape index (κ1) is 18.6. The average Bonchev–Trinajstić information content (AvgIpc) is 3.43. The van der Waals surface area contributed by atoms with Gasteiger partial charge < -0.3 is 0 Å². The van der Waals surface area contributed by atoms with E-state index in [0.717, 1.165) is 40.3 Å². The molecule has 0 aliphatic rings. The predicted molar refractivity (Wildman–Crippen MR) is 111 cm³/mol. The van der Waals surface area contributed by atoms with E-state index >= 15 is 0 Å². The number of rotatable bonds is 6. The minimum absolute atomic E-state index is 0.611. The molecule has 4 rings (SSSR count). The van der Waals surface area contributed by atoms with E-state index in [0.29, 0.717) is 18.8 Å². The summed E-state index contributed by atoms with van der Waals surface area (Å²) in [5.74, 6) is 8.43. The molecule has 0 aliphatic carbocycles. The number of hydrogen-bond donors (Lipinski definition) is 1. The van der Waals surface area contributed by atoms with Gasteiger partial charge in [0.15, 0.2) is 11.6 Å². The summed E-state index contributed by atoms with van der Waals surface area (Å²) < 4.78 is 1.95. The molecule has 4 aromatic rings. The monoisotopic (exact) mass is 383 g/mol. The number of aryl methyl sites for hydroxylation is 1. The minimum Gasteiger partial charge on any atom is -0.244 e. The summed E-state index contributed by atoms with van der Waals surface area (Å²) in [7, 11) is 0. The topological polar surface area (TPSA) is 85.2 Å². The van der Waals surface area contributed by atoms with Gasteiger partial charge in [-0.3, -0.25) is 0 Å². The van der Waals surface area contributed by atoms with Crippen LogP contribution < -0.4 is 0 Å². The van der Waals surface area contributed by atoms with Gasteiger partial charge in [-0.15, -0.1) is 11.0 Å².